The van der Waals surface area contributed by atoms with E-state index in [0.717, 1.165) is 38.5 Å². The normalized spacial score (nSPS) is 13.5. The number of benzene rings is 4. The maximum Gasteiger partial charge on any atom is 0.410 e. The quantitative estimate of drug-likeness (QED) is 0.00324. The third-order valence-electron chi connectivity index (χ3n) is 16.3. The zero-order valence-corrected chi connectivity index (χ0v) is 60.8. The van der Waals surface area contributed by atoms with Crippen LogP contribution in [0.5, 0.6) is 5.75 Å². The van der Waals surface area contributed by atoms with Crippen molar-refractivity contribution in [3.05, 3.63) is 88.5 Å². The Labute approximate surface area is 577 Å². The number of sulfonamides is 1. The molecule has 11 N–H and O–H groups in total. The maximum absolute atomic E-state index is 14.0. The number of aryl methyl sites for hydroxylation is 1. The van der Waals surface area contributed by atoms with Crippen molar-refractivity contribution in [1.82, 2.24) is 35.8 Å². The third kappa shape index (κ3) is 23.1. The summed E-state index contributed by atoms with van der Waals surface area (Å²) in [5, 5.41) is 14.4. The minimum Gasteiger partial charge on any atom is -0.487 e. The lowest BCUT2D eigenvalue weighted by Crippen LogP contribution is -2.48. The highest BCUT2D eigenvalue weighted by molar-refractivity contribution is 7.90. The number of unbranched alkanes of at least 4 members (excludes halogenated alkanes) is 2. The Balaban J connectivity index is 1.03. The van der Waals surface area contributed by atoms with Gasteiger partial charge in [0.1, 0.15) is 47.8 Å². The second kappa shape index (κ2) is 33.5. The summed E-state index contributed by atoms with van der Waals surface area (Å²) in [4.78, 5) is 101. The molecule has 5 aromatic rings. The van der Waals surface area contributed by atoms with Gasteiger partial charge in [0.2, 0.25) is 34.9 Å². The monoisotopic (exact) mass is 1380 g/mol. The molecule has 0 spiro atoms. The summed E-state index contributed by atoms with van der Waals surface area (Å²) >= 11 is 0. The van der Waals surface area contributed by atoms with Gasteiger partial charge in [0.05, 0.1) is 15.7 Å². The van der Waals surface area contributed by atoms with Gasteiger partial charge in [0.25, 0.3) is 15.9 Å². The summed E-state index contributed by atoms with van der Waals surface area (Å²) in [7, 11) is -2.25. The Bertz CT molecular complexity index is 3890. The van der Waals surface area contributed by atoms with E-state index < -0.39 is 68.4 Å². The average molecular weight is 1380 g/mol. The SMILES string of the molecule is Cc1c(C)c(S(=O)(=O)NC(N)=NCCC[C@H](NC(=O)CCNC(=O)CCCCCNC(=O)c2cccc(-c3c4cc(N)ccc4c4ccc(N)cc4[n+]3C)c2)C(=O)NCCCN(CCCN(CC(=O)OC(C)(C)C)C(=O)OC(C)(C)C)C(=O)OC(C)(C)C)c(C)c2c1OC(C)(C)CC2. The predicted molar refractivity (Wildman–Crippen MR) is 381 cm³/mol. The van der Waals surface area contributed by atoms with Gasteiger partial charge in [0, 0.05) is 92.6 Å². The number of guanidine groups is 1. The highest BCUT2D eigenvalue weighted by Gasteiger charge is 2.35. The number of fused-ring (bicyclic) bond motifs is 4. The summed E-state index contributed by atoms with van der Waals surface area (Å²) in [6.45, 7) is 25.0. The van der Waals surface area contributed by atoms with Gasteiger partial charge in [0.15, 0.2) is 0 Å². The van der Waals surface area contributed by atoms with Crippen molar-refractivity contribution in [3.63, 3.8) is 0 Å². The molecule has 1 aromatic heterocycles. The lowest BCUT2D eigenvalue weighted by atomic mass is 9.88. The van der Waals surface area contributed by atoms with E-state index in [4.69, 9.17) is 36.1 Å². The number of nitrogen functional groups attached to an aromatic ring is 2. The molecular weight excluding hydrogens is 1270 g/mol. The van der Waals surface area contributed by atoms with E-state index in [9.17, 15) is 42.0 Å². The number of aromatic nitrogens is 1. The van der Waals surface area contributed by atoms with E-state index in [-0.39, 0.29) is 107 Å². The Morgan fingerprint density at radius 3 is 1.97 bits per heavy atom. The van der Waals surface area contributed by atoms with E-state index in [2.05, 4.69) is 35.5 Å². The fourth-order valence-corrected chi connectivity index (χ4v) is 13.1. The Morgan fingerprint density at radius 2 is 1.30 bits per heavy atom. The molecule has 4 aromatic carbocycles. The molecule has 6 amide bonds. The largest absolute Gasteiger partial charge is 0.487 e. The number of pyridine rings is 1. The molecule has 0 unspecified atom stereocenters. The number of nitrogens with zero attached hydrogens (tertiary/aromatic N) is 4. The van der Waals surface area contributed by atoms with Gasteiger partial charge < -0.3 is 62.3 Å². The lowest BCUT2D eigenvalue weighted by Gasteiger charge is -2.35. The molecule has 0 bridgehead atoms. The molecule has 6 rings (SSSR count). The molecule has 26 heteroatoms. The van der Waals surface area contributed by atoms with Crippen molar-refractivity contribution in [2.24, 2.45) is 17.8 Å². The van der Waals surface area contributed by atoms with Crippen LogP contribution in [0.1, 0.15) is 173 Å². The van der Waals surface area contributed by atoms with Gasteiger partial charge in [-0.05, 0) is 213 Å². The molecule has 1 aliphatic heterocycles. The zero-order chi connectivity index (χ0) is 72.7. The summed E-state index contributed by atoms with van der Waals surface area (Å²) in [5.41, 5.74) is 22.8. The van der Waals surface area contributed by atoms with Crippen molar-refractivity contribution in [2.45, 2.75) is 201 Å². The number of rotatable bonds is 29. The summed E-state index contributed by atoms with van der Waals surface area (Å²) < 4.78 is 55.5. The van der Waals surface area contributed by atoms with Crippen LogP contribution in [0.15, 0.2) is 70.6 Å². The number of carbonyl (C=O) groups excluding carboxylic acids is 7. The van der Waals surface area contributed by atoms with Crippen LogP contribution in [0.2, 0.25) is 0 Å². The number of hydrogen-bond donors (Lipinski definition) is 8. The van der Waals surface area contributed by atoms with Crippen LogP contribution in [-0.2, 0) is 56.9 Å². The van der Waals surface area contributed by atoms with E-state index in [1.54, 1.807) is 82.2 Å². The molecule has 2 heterocycles. The number of carbonyl (C=O) groups is 7. The number of amides is 6. The number of nitrogens with two attached hydrogens (primary N) is 3. The van der Waals surface area contributed by atoms with Crippen LogP contribution >= 0.6 is 0 Å². The summed E-state index contributed by atoms with van der Waals surface area (Å²) in [5.74, 6) is -1.90. The van der Waals surface area contributed by atoms with Crippen LogP contribution in [0.25, 0.3) is 32.9 Å². The van der Waals surface area contributed by atoms with Crippen LogP contribution in [0, 0.1) is 20.8 Å². The van der Waals surface area contributed by atoms with Gasteiger partial charge in [-0.15, -0.1) is 0 Å². The number of aliphatic imine (C=N–C) groups is 1. The highest BCUT2D eigenvalue weighted by Crippen LogP contribution is 2.42. The van der Waals surface area contributed by atoms with Gasteiger partial charge in [-0.2, -0.15) is 4.57 Å². The molecule has 0 aliphatic carbocycles. The number of ether oxygens (including phenoxy) is 4. The molecule has 25 nitrogen and oxygen atoms in total. The molecular formula is C72H105N12O13S+. The van der Waals surface area contributed by atoms with Crippen molar-refractivity contribution in [3.8, 4) is 17.0 Å². The summed E-state index contributed by atoms with van der Waals surface area (Å²) in [6.07, 6.45) is 2.45. The zero-order valence-electron chi connectivity index (χ0n) is 60.0. The van der Waals surface area contributed by atoms with Crippen molar-refractivity contribution >= 4 is 90.8 Å². The first-order valence-electron chi connectivity index (χ1n) is 33.7. The van der Waals surface area contributed by atoms with Crippen LogP contribution < -0.4 is 52.5 Å². The molecule has 0 fully saturated rings. The van der Waals surface area contributed by atoms with Crippen LogP contribution in [-0.4, -0.2) is 147 Å². The number of esters is 1. The van der Waals surface area contributed by atoms with E-state index in [0.29, 0.717) is 78.0 Å². The minimum atomic E-state index is -4.21. The fraction of sp³-hybridized carbons (Fsp3) is 0.542. The molecule has 1 aliphatic rings. The molecule has 536 valence electrons. The first kappa shape index (κ1) is 78.1. The lowest BCUT2D eigenvalue weighted by molar-refractivity contribution is -0.632. The van der Waals surface area contributed by atoms with E-state index in [1.165, 1.54) is 9.80 Å². The average Bonchev–Trinajstić information content (AvgIpc) is 0.751. The molecule has 0 saturated heterocycles. The third-order valence-corrected chi connectivity index (χ3v) is 17.9. The smallest absolute Gasteiger partial charge is 0.410 e. The molecule has 1 atom stereocenters. The van der Waals surface area contributed by atoms with E-state index >= 15 is 0 Å². The van der Waals surface area contributed by atoms with E-state index in [1.807, 2.05) is 82.4 Å². The van der Waals surface area contributed by atoms with Crippen LogP contribution in [0.4, 0.5) is 21.0 Å². The first-order valence-corrected chi connectivity index (χ1v) is 35.2. The van der Waals surface area contributed by atoms with Crippen molar-refractivity contribution in [2.75, 3.05) is 63.8 Å². The fourth-order valence-electron chi connectivity index (χ4n) is 11.6. The molecule has 98 heavy (non-hydrogen) atoms. The molecule has 0 saturated carbocycles. The molecule has 0 radical (unpaired) electrons. The van der Waals surface area contributed by atoms with Crippen molar-refractivity contribution in [1.29, 1.82) is 0 Å². The van der Waals surface area contributed by atoms with Crippen molar-refractivity contribution < 1.29 is 65.5 Å². The second-order valence-electron chi connectivity index (χ2n) is 28.7. The Kier molecular flexibility index (Phi) is 26.7. The Morgan fingerprint density at radius 1 is 0.673 bits per heavy atom. The minimum absolute atomic E-state index is 0.0195. The summed E-state index contributed by atoms with van der Waals surface area (Å²) in [6, 6.07) is 17.9. The topological polar surface area (TPSA) is 351 Å². The van der Waals surface area contributed by atoms with Crippen LogP contribution in [0.3, 0.4) is 0 Å². The highest BCUT2D eigenvalue weighted by atomic mass is 32.2. The number of nitrogens with one attached hydrogen (secondary N) is 5. The van der Waals surface area contributed by atoms with Gasteiger partial charge in [-0.1, -0.05) is 18.6 Å². The first-order chi connectivity index (χ1) is 45.7. The predicted octanol–water partition coefficient (Wildman–Crippen LogP) is 8.74. The second-order valence-corrected chi connectivity index (χ2v) is 30.3. The maximum atomic E-state index is 14.0. The Hall–Kier alpha value is -8.94. The van der Waals surface area contributed by atoms with Gasteiger partial charge >= 0.3 is 18.2 Å². The van der Waals surface area contributed by atoms with Gasteiger partial charge in [-0.3, -0.25) is 33.9 Å². The number of anilines is 2. The number of hydrogen-bond acceptors (Lipinski definition) is 16. The standard InChI is InChI=1S/C72H104N12O13S/c1-45-46(2)63(47(3)52-31-33-72(13,14)95-62(45)52)98(92,93)81-66(75)79-35-20-25-56(65(89)78-36-21-38-83(67(90)96-70(7,8)9)39-22-40-84(68(91)97-71(10,11)12)44-60(87)94-69(4,5)6)80-59(86)32-37-76-58(85)26-17-16-18-34-77-64(88)49-24-19-23-48(41-49)61-55-42-50(73)27-29-53(55)54-30-28-51(74)43-57(54)82(61)15/h19,23-24,27-30,41-43,56,74H,16-18,20-22,25-26,31-40,44,73H2,1-15H3,(H7,75,76,77,78,79,80,81,85,86,88,89)/p+1/t56-/m0/s1. The van der Waals surface area contributed by atoms with Gasteiger partial charge in [-0.25, -0.2) is 22.7 Å².